The smallest absolute Gasteiger partial charge is 0.302 e. The maximum absolute atomic E-state index is 10.8. The van der Waals surface area contributed by atoms with Crippen LogP contribution in [0.1, 0.15) is 12.5 Å². The number of ether oxygens (including phenoxy) is 1. The molecule has 0 saturated heterocycles. The standard InChI is InChI=1S/C11H13NO2/c1-8(13)14-10-6-9-4-2-3-5-11(9)12-7-10/h2-5,10,12H,6-7H2,1H3/t10-/m0/s1. The van der Waals surface area contributed by atoms with Crippen LogP contribution in [0.2, 0.25) is 0 Å². The van der Waals surface area contributed by atoms with Gasteiger partial charge < -0.3 is 10.1 Å². The molecular formula is C11H13NO2. The molecule has 2 rings (SSSR count). The summed E-state index contributed by atoms with van der Waals surface area (Å²) in [7, 11) is 0. The van der Waals surface area contributed by atoms with Crippen molar-refractivity contribution in [1.29, 1.82) is 0 Å². The van der Waals surface area contributed by atoms with Crippen molar-refractivity contribution in [3.05, 3.63) is 29.8 Å². The largest absolute Gasteiger partial charge is 0.460 e. The summed E-state index contributed by atoms with van der Waals surface area (Å²) >= 11 is 0. The number of carbonyl (C=O) groups is 1. The molecule has 14 heavy (non-hydrogen) atoms. The number of benzene rings is 1. The van der Waals surface area contributed by atoms with Crippen molar-refractivity contribution in [2.45, 2.75) is 19.4 Å². The van der Waals surface area contributed by atoms with Gasteiger partial charge in [-0.15, -0.1) is 0 Å². The van der Waals surface area contributed by atoms with Crippen molar-refractivity contribution in [2.24, 2.45) is 0 Å². The van der Waals surface area contributed by atoms with Gasteiger partial charge in [0, 0.05) is 19.0 Å². The van der Waals surface area contributed by atoms with E-state index in [1.807, 2.05) is 18.2 Å². The van der Waals surface area contributed by atoms with Crippen LogP contribution in [-0.4, -0.2) is 18.6 Å². The zero-order valence-electron chi connectivity index (χ0n) is 8.12. The molecule has 3 nitrogen and oxygen atoms in total. The van der Waals surface area contributed by atoms with Crippen molar-refractivity contribution in [2.75, 3.05) is 11.9 Å². The lowest BCUT2D eigenvalue weighted by Crippen LogP contribution is -2.31. The van der Waals surface area contributed by atoms with Gasteiger partial charge in [0.2, 0.25) is 0 Å². The molecule has 0 spiro atoms. The van der Waals surface area contributed by atoms with Gasteiger partial charge in [-0.05, 0) is 11.6 Å². The highest BCUT2D eigenvalue weighted by Gasteiger charge is 2.19. The molecule has 1 aromatic carbocycles. The molecule has 3 heteroatoms. The minimum Gasteiger partial charge on any atom is -0.460 e. The zero-order valence-corrected chi connectivity index (χ0v) is 8.12. The van der Waals surface area contributed by atoms with E-state index in [1.165, 1.54) is 12.5 Å². The Morgan fingerprint density at radius 1 is 1.50 bits per heavy atom. The maximum atomic E-state index is 10.8. The summed E-state index contributed by atoms with van der Waals surface area (Å²) in [6.45, 7) is 2.15. The summed E-state index contributed by atoms with van der Waals surface area (Å²) in [6, 6.07) is 8.09. The normalized spacial score (nSPS) is 19.4. The number of nitrogens with one attached hydrogen (secondary N) is 1. The summed E-state index contributed by atoms with van der Waals surface area (Å²) in [6.07, 6.45) is 0.783. The van der Waals surface area contributed by atoms with E-state index in [1.54, 1.807) is 0 Å². The highest BCUT2D eigenvalue weighted by Crippen LogP contribution is 2.22. The average Bonchev–Trinajstić information content (AvgIpc) is 2.17. The van der Waals surface area contributed by atoms with Crippen molar-refractivity contribution in [3.63, 3.8) is 0 Å². The quantitative estimate of drug-likeness (QED) is 0.685. The fourth-order valence-corrected chi connectivity index (χ4v) is 1.73. The van der Waals surface area contributed by atoms with Crippen LogP contribution < -0.4 is 5.32 Å². The molecule has 1 N–H and O–H groups in total. The van der Waals surface area contributed by atoms with Gasteiger partial charge in [0.1, 0.15) is 6.10 Å². The topological polar surface area (TPSA) is 38.3 Å². The Kier molecular flexibility index (Phi) is 2.39. The molecule has 0 fully saturated rings. The van der Waals surface area contributed by atoms with E-state index in [0.717, 1.165) is 12.1 Å². The number of hydrogen-bond donors (Lipinski definition) is 1. The lowest BCUT2D eigenvalue weighted by Gasteiger charge is -2.25. The maximum Gasteiger partial charge on any atom is 0.302 e. The van der Waals surface area contributed by atoms with E-state index in [-0.39, 0.29) is 12.1 Å². The van der Waals surface area contributed by atoms with Gasteiger partial charge >= 0.3 is 5.97 Å². The number of fused-ring (bicyclic) bond motifs is 1. The van der Waals surface area contributed by atoms with Crippen molar-refractivity contribution >= 4 is 11.7 Å². The van der Waals surface area contributed by atoms with Gasteiger partial charge in [-0.25, -0.2) is 0 Å². The molecule has 1 aliphatic heterocycles. The molecule has 0 unspecified atom stereocenters. The molecule has 0 radical (unpaired) electrons. The minimum absolute atomic E-state index is 0.0256. The van der Waals surface area contributed by atoms with Crippen LogP contribution >= 0.6 is 0 Å². The SMILES string of the molecule is CC(=O)O[C@@H]1CNc2ccccc2C1. The first-order valence-corrected chi connectivity index (χ1v) is 4.74. The van der Waals surface area contributed by atoms with Crippen LogP contribution in [0.4, 0.5) is 5.69 Å². The second kappa shape index (κ2) is 3.70. The lowest BCUT2D eigenvalue weighted by molar-refractivity contribution is -0.145. The van der Waals surface area contributed by atoms with Crippen LogP contribution in [0.3, 0.4) is 0 Å². The molecule has 1 atom stereocenters. The van der Waals surface area contributed by atoms with Crippen LogP contribution in [-0.2, 0) is 16.0 Å². The number of hydrogen-bond acceptors (Lipinski definition) is 3. The summed E-state index contributed by atoms with van der Waals surface area (Å²) in [5.41, 5.74) is 2.36. The molecular weight excluding hydrogens is 178 g/mol. The van der Waals surface area contributed by atoms with Gasteiger partial charge in [-0.1, -0.05) is 18.2 Å². The Bertz CT molecular complexity index is 349. The molecule has 0 aliphatic carbocycles. The fourth-order valence-electron chi connectivity index (χ4n) is 1.73. The van der Waals surface area contributed by atoms with Gasteiger partial charge in [-0.3, -0.25) is 4.79 Å². The third-order valence-corrected chi connectivity index (χ3v) is 2.32. The van der Waals surface area contributed by atoms with Gasteiger partial charge in [0.05, 0.1) is 6.54 Å². The summed E-state index contributed by atoms with van der Waals surface area (Å²) in [5, 5.41) is 3.24. The Morgan fingerprint density at radius 3 is 3.07 bits per heavy atom. The number of carbonyl (C=O) groups excluding carboxylic acids is 1. The molecule has 1 aliphatic rings. The van der Waals surface area contributed by atoms with E-state index < -0.39 is 0 Å². The number of anilines is 1. The van der Waals surface area contributed by atoms with Crippen molar-refractivity contribution < 1.29 is 9.53 Å². The Hall–Kier alpha value is -1.51. The second-order valence-electron chi connectivity index (χ2n) is 3.47. The molecule has 0 saturated carbocycles. The van der Waals surface area contributed by atoms with Crippen molar-refractivity contribution in [3.8, 4) is 0 Å². The Labute approximate surface area is 83.1 Å². The third kappa shape index (κ3) is 1.87. The molecule has 74 valence electrons. The van der Waals surface area contributed by atoms with Crippen LogP contribution in [0.5, 0.6) is 0 Å². The lowest BCUT2D eigenvalue weighted by atomic mass is 10.0. The van der Waals surface area contributed by atoms with E-state index >= 15 is 0 Å². The van der Waals surface area contributed by atoms with E-state index in [0.29, 0.717) is 6.54 Å². The summed E-state index contributed by atoms with van der Waals surface area (Å²) in [4.78, 5) is 10.8. The number of rotatable bonds is 1. The zero-order chi connectivity index (χ0) is 9.97. The van der Waals surface area contributed by atoms with Crippen LogP contribution in [0, 0.1) is 0 Å². The molecule has 1 heterocycles. The molecule has 0 bridgehead atoms. The van der Waals surface area contributed by atoms with E-state index in [2.05, 4.69) is 11.4 Å². The van der Waals surface area contributed by atoms with Crippen LogP contribution in [0.15, 0.2) is 24.3 Å². The third-order valence-electron chi connectivity index (χ3n) is 2.32. The Balaban J connectivity index is 2.09. The van der Waals surface area contributed by atoms with Gasteiger partial charge in [0.15, 0.2) is 0 Å². The minimum atomic E-state index is -0.212. The van der Waals surface area contributed by atoms with Gasteiger partial charge in [-0.2, -0.15) is 0 Å². The first-order chi connectivity index (χ1) is 6.75. The fraction of sp³-hybridized carbons (Fsp3) is 0.364. The average molecular weight is 191 g/mol. The van der Waals surface area contributed by atoms with Crippen molar-refractivity contribution in [1.82, 2.24) is 0 Å². The summed E-state index contributed by atoms with van der Waals surface area (Å²) < 4.78 is 5.15. The van der Waals surface area contributed by atoms with Gasteiger partial charge in [0.25, 0.3) is 0 Å². The first-order valence-electron chi connectivity index (χ1n) is 4.74. The monoisotopic (exact) mass is 191 g/mol. The highest BCUT2D eigenvalue weighted by molar-refractivity contribution is 5.66. The molecule has 0 amide bonds. The highest BCUT2D eigenvalue weighted by atomic mass is 16.5. The number of para-hydroxylation sites is 1. The predicted molar refractivity (Wildman–Crippen MR) is 54.2 cm³/mol. The Morgan fingerprint density at radius 2 is 2.29 bits per heavy atom. The number of esters is 1. The first kappa shape index (κ1) is 9.06. The van der Waals surface area contributed by atoms with Crippen LogP contribution in [0.25, 0.3) is 0 Å². The van der Waals surface area contributed by atoms with E-state index in [4.69, 9.17) is 4.74 Å². The molecule has 1 aromatic rings. The second-order valence-corrected chi connectivity index (χ2v) is 3.47. The predicted octanol–water partition coefficient (Wildman–Crippen LogP) is 1.59. The summed E-state index contributed by atoms with van der Waals surface area (Å²) in [5.74, 6) is -0.212. The van der Waals surface area contributed by atoms with E-state index in [9.17, 15) is 4.79 Å². The molecule has 0 aromatic heterocycles.